The van der Waals surface area contributed by atoms with Crippen molar-refractivity contribution >= 4 is 11.9 Å². The molecule has 0 aliphatic carbocycles. The van der Waals surface area contributed by atoms with Gasteiger partial charge in [0.1, 0.15) is 5.75 Å². The second-order valence-electron chi connectivity index (χ2n) is 7.14. The molecule has 4 heteroatoms. The van der Waals surface area contributed by atoms with Gasteiger partial charge < -0.3 is 9.64 Å². The van der Waals surface area contributed by atoms with E-state index in [0.717, 1.165) is 25.3 Å². The molecule has 1 aliphatic heterocycles. The molecule has 0 fully saturated rings. The number of ether oxygens (including phenoxy) is 1. The number of hydrogen-bond acceptors (Lipinski definition) is 4. The molecule has 1 aliphatic rings. The molecule has 144 valence electrons. The summed E-state index contributed by atoms with van der Waals surface area (Å²) in [6.07, 6.45) is 4.89. The van der Waals surface area contributed by atoms with Crippen LogP contribution in [0, 0.1) is 11.3 Å². The zero-order valence-electron chi connectivity index (χ0n) is 17.1. The van der Waals surface area contributed by atoms with E-state index < -0.39 is 0 Å². The summed E-state index contributed by atoms with van der Waals surface area (Å²) in [6.45, 7) is 8.14. The van der Waals surface area contributed by atoms with Crippen molar-refractivity contribution in [3.05, 3.63) is 70.9 Å². The maximum Gasteiger partial charge on any atom is 0.119 e. The van der Waals surface area contributed by atoms with Gasteiger partial charge in [0.15, 0.2) is 0 Å². The number of rotatable bonds is 6. The minimum Gasteiger partial charge on any atom is -0.497 e. The maximum absolute atomic E-state index is 9.09. The van der Waals surface area contributed by atoms with Gasteiger partial charge in [0.2, 0.25) is 0 Å². The Bertz CT molecular complexity index is 937. The Morgan fingerprint density at radius 1 is 1.18 bits per heavy atom. The van der Waals surface area contributed by atoms with E-state index in [2.05, 4.69) is 60.2 Å². The second-order valence-corrected chi connectivity index (χ2v) is 7.14. The fourth-order valence-corrected chi connectivity index (χ4v) is 4.02. The highest BCUT2D eigenvalue weighted by atomic mass is 16.5. The standard InChI is InChI=1S/C24H27N3O/c1-5-26-14-13-23-24(3,16-18-7-9-19(17-25)10-8-18)21-15-20(28-4)11-12-22(21)27(23)6-2/h7-15H,5-6,16H2,1-4H3/b23-13-,26-14?. The van der Waals surface area contributed by atoms with Crippen molar-refractivity contribution in [3.63, 3.8) is 0 Å². The number of anilines is 1. The zero-order chi connectivity index (χ0) is 20.1. The van der Waals surface area contributed by atoms with Crippen LogP contribution in [0.2, 0.25) is 0 Å². The first-order chi connectivity index (χ1) is 13.6. The highest BCUT2D eigenvalue weighted by molar-refractivity contribution is 5.80. The van der Waals surface area contributed by atoms with Gasteiger partial charge in [-0.25, -0.2) is 0 Å². The van der Waals surface area contributed by atoms with E-state index in [1.165, 1.54) is 22.5 Å². The van der Waals surface area contributed by atoms with Crippen LogP contribution in [0.3, 0.4) is 0 Å². The summed E-state index contributed by atoms with van der Waals surface area (Å²) in [5.74, 6) is 0.865. The van der Waals surface area contributed by atoms with Gasteiger partial charge in [0, 0.05) is 36.1 Å². The van der Waals surface area contributed by atoms with Crippen molar-refractivity contribution in [3.8, 4) is 11.8 Å². The molecule has 1 unspecified atom stereocenters. The topological polar surface area (TPSA) is 48.6 Å². The van der Waals surface area contributed by atoms with Crippen LogP contribution in [0.1, 0.15) is 37.5 Å². The van der Waals surface area contributed by atoms with Crippen LogP contribution in [-0.4, -0.2) is 26.4 Å². The lowest BCUT2D eigenvalue weighted by atomic mass is 9.76. The molecule has 2 aromatic rings. The van der Waals surface area contributed by atoms with Crippen molar-refractivity contribution in [2.75, 3.05) is 25.1 Å². The second kappa shape index (κ2) is 8.31. The van der Waals surface area contributed by atoms with Gasteiger partial charge >= 0.3 is 0 Å². The Labute approximate surface area is 167 Å². The number of aliphatic imine (C=N–C) groups is 1. The Morgan fingerprint density at radius 2 is 1.93 bits per heavy atom. The number of nitriles is 1. The molecule has 1 heterocycles. The van der Waals surface area contributed by atoms with Crippen LogP contribution in [0.5, 0.6) is 5.75 Å². The summed E-state index contributed by atoms with van der Waals surface area (Å²) >= 11 is 0. The smallest absolute Gasteiger partial charge is 0.119 e. The number of likely N-dealkylation sites (N-methyl/N-ethyl adjacent to an activating group) is 1. The molecule has 0 amide bonds. The molecule has 0 N–H and O–H groups in total. The molecule has 28 heavy (non-hydrogen) atoms. The number of allylic oxidation sites excluding steroid dienone is 2. The third-order valence-electron chi connectivity index (χ3n) is 5.42. The first-order valence-corrected chi connectivity index (χ1v) is 9.73. The highest BCUT2D eigenvalue weighted by Crippen LogP contribution is 2.50. The SMILES string of the molecule is CCN=C/C=C1\N(CC)c2ccc(OC)cc2C1(C)Cc1ccc(C#N)cc1. The average molecular weight is 374 g/mol. The van der Waals surface area contributed by atoms with Gasteiger partial charge in [0.25, 0.3) is 0 Å². The quantitative estimate of drug-likeness (QED) is 0.678. The summed E-state index contributed by atoms with van der Waals surface area (Å²) in [4.78, 5) is 6.77. The third kappa shape index (κ3) is 3.53. The monoisotopic (exact) mass is 373 g/mol. The lowest BCUT2D eigenvalue weighted by Gasteiger charge is -2.30. The molecule has 0 aromatic heterocycles. The molecule has 4 nitrogen and oxygen atoms in total. The summed E-state index contributed by atoms with van der Waals surface area (Å²) < 4.78 is 5.52. The largest absolute Gasteiger partial charge is 0.497 e. The highest BCUT2D eigenvalue weighted by Gasteiger charge is 2.43. The minimum absolute atomic E-state index is 0.214. The van der Waals surface area contributed by atoms with E-state index in [1.54, 1.807) is 7.11 Å². The molecule has 0 saturated heterocycles. The Hall–Kier alpha value is -3.06. The van der Waals surface area contributed by atoms with E-state index in [-0.39, 0.29) is 5.41 Å². The van der Waals surface area contributed by atoms with Gasteiger partial charge in [0.05, 0.1) is 18.7 Å². The fraction of sp³-hybridized carbons (Fsp3) is 0.333. The van der Waals surface area contributed by atoms with E-state index in [1.807, 2.05) is 31.3 Å². The molecule has 0 radical (unpaired) electrons. The van der Waals surface area contributed by atoms with E-state index in [4.69, 9.17) is 10.00 Å². The predicted octanol–water partition coefficient (Wildman–Crippen LogP) is 4.88. The Kier molecular flexibility index (Phi) is 5.84. The Morgan fingerprint density at radius 3 is 2.54 bits per heavy atom. The van der Waals surface area contributed by atoms with Crippen LogP contribution in [-0.2, 0) is 11.8 Å². The fourth-order valence-electron chi connectivity index (χ4n) is 4.02. The van der Waals surface area contributed by atoms with Gasteiger partial charge in [-0.3, -0.25) is 4.99 Å². The minimum atomic E-state index is -0.214. The van der Waals surface area contributed by atoms with Crippen LogP contribution in [0.25, 0.3) is 0 Å². The molecule has 0 bridgehead atoms. The molecular weight excluding hydrogens is 346 g/mol. The summed E-state index contributed by atoms with van der Waals surface area (Å²) in [5, 5.41) is 9.09. The number of methoxy groups -OCH3 is 1. The molecule has 1 atom stereocenters. The van der Waals surface area contributed by atoms with E-state index in [0.29, 0.717) is 5.56 Å². The summed E-state index contributed by atoms with van der Waals surface area (Å²) in [6, 6.07) is 16.4. The number of nitrogens with zero attached hydrogens (tertiary/aromatic N) is 3. The van der Waals surface area contributed by atoms with Crippen molar-refractivity contribution in [2.45, 2.75) is 32.6 Å². The average Bonchev–Trinajstić information content (AvgIpc) is 2.96. The van der Waals surface area contributed by atoms with Crippen LogP contribution in [0.4, 0.5) is 5.69 Å². The molecule has 0 saturated carbocycles. The van der Waals surface area contributed by atoms with Crippen LogP contribution >= 0.6 is 0 Å². The van der Waals surface area contributed by atoms with Crippen molar-refractivity contribution in [1.82, 2.24) is 0 Å². The van der Waals surface area contributed by atoms with Crippen LogP contribution < -0.4 is 9.64 Å². The zero-order valence-corrected chi connectivity index (χ0v) is 17.1. The lowest BCUT2D eigenvalue weighted by molar-refractivity contribution is 0.413. The number of fused-ring (bicyclic) bond motifs is 1. The van der Waals surface area contributed by atoms with Gasteiger partial charge in [-0.1, -0.05) is 12.1 Å². The first-order valence-electron chi connectivity index (χ1n) is 9.73. The third-order valence-corrected chi connectivity index (χ3v) is 5.42. The van der Waals surface area contributed by atoms with E-state index >= 15 is 0 Å². The van der Waals surface area contributed by atoms with Gasteiger partial charge in [-0.05, 0) is 74.7 Å². The molecule has 0 spiro atoms. The first kappa shape index (κ1) is 19.7. The van der Waals surface area contributed by atoms with Crippen LogP contribution in [0.15, 0.2) is 59.2 Å². The summed E-state index contributed by atoms with van der Waals surface area (Å²) in [7, 11) is 1.71. The predicted molar refractivity (Wildman–Crippen MR) is 115 cm³/mol. The molecular formula is C24H27N3O. The number of benzene rings is 2. The van der Waals surface area contributed by atoms with Crippen molar-refractivity contribution in [2.24, 2.45) is 4.99 Å². The summed E-state index contributed by atoms with van der Waals surface area (Å²) in [5.41, 5.74) is 5.38. The lowest BCUT2D eigenvalue weighted by Crippen LogP contribution is -2.30. The van der Waals surface area contributed by atoms with Gasteiger partial charge in [-0.15, -0.1) is 0 Å². The normalized spacial score (nSPS) is 19.8. The number of hydrogen-bond donors (Lipinski definition) is 0. The van der Waals surface area contributed by atoms with Crippen molar-refractivity contribution < 1.29 is 4.74 Å². The molecule has 2 aromatic carbocycles. The Balaban J connectivity index is 2.13. The van der Waals surface area contributed by atoms with Crippen molar-refractivity contribution in [1.29, 1.82) is 5.26 Å². The van der Waals surface area contributed by atoms with E-state index in [9.17, 15) is 0 Å². The maximum atomic E-state index is 9.09. The van der Waals surface area contributed by atoms with Gasteiger partial charge in [-0.2, -0.15) is 5.26 Å². The molecule has 3 rings (SSSR count).